The summed E-state index contributed by atoms with van der Waals surface area (Å²) in [6.07, 6.45) is 0. The van der Waals surface area contributed by atoms with E-state index in [1.807, 2.05) is 18.2 Å². The molecule has 0 aliphatic heterocycles. The van der Waals surface area contributed by atoms with E-state index in [9.17, 15) is 14.4 Å². The lowest BCUT2D eigenvalue weighted by Crippen LogP contribution is -2.41. The largest absolute Gasteiger partial charge is 0.497 e. The van der Waals surface area contributed by atoms with Gasteiger partial charge in [-0.15, -0.1) is 11.3 Å². The first-order valence-corrected chi connectivity index (χ1v) is 10.6. The molecule has 0 saturated carbocycles. The predicted molar refractivity (Wildman–Crippen MR) is 122 cm³/mol. The number of amides is 1. The Kier molecular flexibility index (Phi) is 5.92. The summed E-state index contributed by atoms with van der Waals surface area (Å²) < 4.78 is 7.96. The molecule has 158 valence electrons. The molecule has 9 heteroatoms. The van der Waals surface area contributed by atoms with E-state index in [0.29, 0.717) is 26.7 Å². The molecule has 31 heavy (non-hydrogen) atoms. The molecular weight excluding hydrogens is 438 g/mol. The van der Waals surface area contributed by atoms with E-state index >= 15 is 0 Å². The van der Waals surface area contributed by atoms with Gasteiger partial charge in [0.25, 0.3) is 5.56 Å². The highest BCUT2D eigenvalue weighted by Gasteiger charge is 2.18. The van der Waals surface area contributed by atoms with Crippen LogP contribution in [0.2, 0.25) is 5.02 Å². The summed E-state index contributed by atoms with van der Waals surface area (Å²) in [5, 5.41) is 5.05. The molecule has 1 N–H and O–H groups in total. The summed E-state index contributed by atoms with van der Waals surface area (Å²) in [5.74, 6) is 0.143. The van der Waals surface area contributed by atoms with Crippen LogP contribution in [-0.2, 0) is 17.9 Å². The minimum absolute atomic E-state index is 0.232. The molecule has 7 nitrogen and oxygen atoms in total. The second kappa shape index (κ2) is 8.79. The number of nitrogens with zero attached hydrogens (tertiary/aromatic N) is 2. The number of methoxy groups -OCH3 is 1. The number of rotatable bonds is 6. The third kappa shape index (κ3) is 4.12. The summed E-state index contributed by atoms with van der Waals surface area (Å²) >= 11 is 7.36. The minimum atomic E-state index is -0.600. The van der Waals surface area contributed by atoms with Crippen molar-refractivity contribution in [2.45, 2.75) is 13.1 Å². The molecule has 4 rings (SSSR count). The first-order valence-electron chi connectivity index (χ1n) is 9.37. The number of aromatic nitrogens is 2. The fraction of sp³-hybridized carbons (Fsp3) is 0.136. The van der Waals surface area contributed by atoms with Crippen LogP contribution in [0.3, 0.4) is 0 Å². The highest BCUT2D eigenvalue weighted by atomic mass is 35.5. The van der Waals surface area contributed by atoms with E-state index in [0.717, 1.165) is 10.1 Å². The van der Waals surface area contributed by atoms with Crippen molar-refractivity contribution in [3.8, 4) is 11.4 Å². The van der Waals surface area contributed by atoms with Crippen LogP contribution in [0.5, 0.6) is 5.75 Å². The van der Waals surface area contributed by atoms with Crippen molar-refractivity contribution < 1.29 is 9.53 Å². The Morgan fingerprint density at radius 1 is 1.13 bits per heavy atom. The maximum atomic E-state index is 13.3. The van der Waals surface area contributed by atoms with Gasteiger partial charge in [-0.05, 0) is 35.2 Å². The van der Waals surface area contributed by atoms with Crippen molar-refractivity contribution in [3.05, 3.63) is 91.4 Å². The number of halogens is 1. The molecule has 1 amide bonds. The lowest BCUT2D eigenvalue weighted by Gasteiger charge is -2.13. The van der Waals surface area contributed by atoms with Gasteiger partial charge in [-0.3, -0.25) is 14.2 Å². The number of carbonyl (C=O) groups is 1. The number of nitrogens with one attached hydrogen (secondary N) is 1. The second-order valence-corrected chi connectivity index (χ2v) is 8.04. The van der Waals surface area contributed by atoms with E-state index in [-0.39, 0.29) is 19.0 Å². The summed E-state index contributed by atoms with van der Waals surface area (Å²) in [4.78, 5) is 38.9. The Morgan fingerprint density at radius 2 is 1.94 bits per heavy atom. The predicted octanol–water partition coefficient (Wildman–Crippen LogP) is 3.19. The van der Waals surface area contributed by atoms with Crippen molar-refractivity contribution >= 4 is 39.1 Å². The zero-order chi connectivity index (χ0) is 22.0. The SMILES string of the molecule is COc1cccc(-n2c(=O)c3sccc3n(CC(=O)NCc3ccccc3Cl)c2=O)c1. The lowest BCUT2D eigenvalue weighted by molar-refractivity contribution is -0.121. The average Bonchev–Trinajstić information content (AvgIpc) is 3.26. The van der Waals surface area contributed by atoms with Gasteiger partial charge in [0.05, 0.1) is 18.3 Å². The van der Waals surface area contributed by atoms with Gasteiger partial charge in [0.1, 0.15) is 17.0 Å². The van der Waals surface area contributed by atoms with Crippen molar-refractivity contribution in [2.24, 2.45) is 0 Å². The molecule has 2 aromatic heterocycles. The van der Waals surface area contributed by atoms with Gasteiger partial charge in [0.2, 0.25) is 5.91 Å². The van der Waals surface area contributed by atoms with Crippen molar-refractivity contribution in [1.29, 1.82) is 0 Å². The Balaban J connectivity index is 1.71. The van der Waals surface area contributed by atoms with E-state index in [1.54, 1.807) is 41.8 Å². The molecular formula is C22H18ClN3O4S. The van der Waals surface area contributed by atoms with Gasteiger partial charge in [-0.2, -0.15) is 0 Å². The number of benzene rings is 2. The Morgan fingerprint density at radius 3 is 2.71 bits per heavy atom. The number of ether oxygens (including phenoxy) is 1. The van der Waals surface area contributed by atoms with Crippen LogP contribution in [-0.4, -0.2) is 22.2 Å². The van der Waals surface area contributed by atoms with Crippen LogP contribution >= 0.6 is 22.9 Å². The smallest absolute Gasteiger partial charge is 0.336 e. The van der Waals surface area contributed by atoms with Crippen LogP contribution in [0.15, 0.2) is 69.6 Å². The summed E-state index contributed by atoms with van der Waals surface area (Å²) in [6.45, 7) is -0.00364. The summed E-state index contributed by atoms with van der Waals surface area (Å²) in [6, 6.07) is 15.5. The van der Waals surface area contributed by atoms with Gasteiger partial charge < -0.3 is 10.1 Å². The fourth-order valence-corrected chi connectivity index (χ4v) is 4.28. The topological polar surface area (TPSA) is 82.3 Å². The highest BCUT2D eigenvalue weighted by molar-refractivity contribution is 7.17. The molecule has 0 unspecified atom stereocenters. The Labute approximate surface area is 186 Å². The molecule has 0 atom stereocenters. The summed E-state index contributed by atoms with van der Waals surface area (Å²) in [7, 11) is 1.51. The number of hydrogen-bond donors (Lipinski definition) is 1. The molecule has 0 spiro atoms. The minimum Gasteiger partial charge on any atom is -0.497 e. The number of thiophene rings is 1. The molecule has 4 aromatic rings. The number of carbonyl (C=O) groups excluding carboxylic acids is 1. The van der Waals surface area contributed by atoms with Crippen LogP contribution in [0.1, 0.15) is 5.56 Å². The molecule has 0 radical (unpaired) electrons. The lowest BCUT2D eigenvalue weighted by atomic mass is 10.2. The Bertz CT molecular complexity index is 1390. The van der Waals surface area contributed by atoms with Crippen molar-refractivity contribution in [1.82, 2.24) is 14.5 Å². The van der Waals surface area contributed by atoms with Gasteiger partial charge in [-0.25, -0.2) is 9.36 Å². The van der Waals surface area contributed by atoms with Crippen LogP contribution in [0.4, 0.5) is 0 Å². The standard InChI is InChI=1S/C22H18ClN3O4S/c1-30-16-7-4-6-15(11-16)26-21(28)20-18(9-10-31-20)25(22(26)29)13-19(27)24-12-14-5-2-3-8-17(14)23/h2-11H,12-13H2,1H3,(H,24,27). The van der Waals surface area contributed by atoms with Gasteiger partial charge >= 0.3 is 5.69 Å². The third-order valence-corrected chi connectivity index (χ3v) is 6.06. The molecule has 2 aromatic carbocycles. The van der Waals surface area contributed by atoms with Gasteiger partial charge in [0, 0.05) is 17.6 Å². The van der Waals surface area contributed by atoms with Crippen LogP contribution in [0, 0.1) is 0 Å². The second-order valence-electron chi connectivity index (χ2n) is 6.71. The maximum absolute atomic E-state index is 13.3. The molecule has 0 fully saturated rings. The van der Waals surface area contributed by atoms with E-state index < -0.39 is 11.2 Å². The third-order valence-electron chi connectivity index (χ3n) is 4.80. The zero-order valence-electron chi connectivity index (χ0n) is 16.5. The van der Waals surface area contributed by atoms with Crippen molar-refractivity contribution in [3.63, 3.8) is 0 Å². The van der Waals surface area contributed by atoms with E-state index in [2.05, 4.69) is 5.32 Å². The number of hydrogen-bond acceptors (Lipinski definition) is 5. The quantitative estimate of drug-likeness (QED) is 0.484. The zero-order valence-corrected chi connectivity index (χ0v) is 18.1. The number of fused-ring (bicyclic) bond motifs is 1. The van der Waals surface area contributed by atoms with Crippen LogP contribution < -0.4 is 21.3 Å². The molecule has 0 aliphatic rings. The summed E-state index contributed by atoms with van der Waals surface area (Å²) in [5.41, 5.74) is 0.529. The Hall–Kier alpha value is -3.36. The van der Waals surface area contributed by atoms with E-state index in [1.165, 1.54) is 23.0 Å². The fourth-order valence-electron chi connectivity index (χ4n) is 3.25. The average molecular weight is 456 g/mol. The van der Waals surface area contributed by atoms with Gasteiger partial charge in [0.15, 0.2) is 0 Å². The molecule has 2 heterocycles. The normalized spacial score (nSPS) is 10.9. The molecule has 0 saturated heterocycles. The first-order chi connectivity index (χ1) is 15.0. The maximum Gasteiger partial charge on any atom is 0.336 e. The molecule has 0 bridgehead atoms. The van der Waals surface area contributed by atoms with Crippen molar-refractivity contribution in [2.75, 3.05) is 7.11 Å². The van der Waals surface area contributed by atoms with Crippen LogP contribution in [0.25, 0.3) is 15.9 Å². The molecule has 0 aliphatic carbocycles. The first kappa shape index (κ1) is 20.9. The van der Waals surface area contributed by atoms with E-state index in [4.69, 9.17) is 16.3 Å². The monoisotopic (exact) mass is 455 g/mol. The van der Waals surface area contributed by atoms with Gasteiger partial charge in [-0.1, -0.05) is 35.9 Å². The highest BCUT2D eigenvalue weighted by Crippen LogP contribution is 2.19.